The summed E-state index contributed by atoms with van der Waals surface area (Å²) in [5.41, 5.74) is 2.00. The molecule has 0 fully saturated rings. The lowest BCUT2D eigenvalue weighted by Gasteiger charge is -2.31. The second kappa shape index (κ2) is 12.9. The van der Waals surface area contributed by atoms with Crippen LogP contribution in [-0.2, 0) is 26.2 Å². The molecule has 0 saturated carbocycles. The Balaban J connectivity index is 2.03. The van der Waals surface area contributed by atoms with Gasteiger partial charge in [-0.1, -0.05) is 45.8 Å². The van der Waals surface area contributed by atoms with Crippen LogP contribution in [0, 0.1) is 6.92 Å². The number of nitrogens with zero attached hydrogens (tertiary/aromatic N) is 2. The van der Waals surface area contributed by atoms with E-state index in [1.54, 1.807) is 43.3 Å². The van der Waals surface area contributed by atoms with Gasteiger partial charge in [-0.3, -0.25) is 13.9 Å². The minimum Gasteiger partial charge on any atom is -0.494 e. The fourth-order valence-electron chi connectivity index (χ4n) is 3.87. The summed E-state index contributed by atoms with van der Waals surface area (Å²) >= 11 is 3.43. The van der Waals surface area contributed by atoms with E-state index in [9.17, 15) is 18.0 Å². The molecule has 0 saturated heterocycles. The zero-order chi connectivity index (χ0) is 27.9. The van der Waals surface area contributed by atoms with Gasteiger partial charge in [-0.15, -0.1) is 0 Å². The molecule has 1 unspecified atom stereocenters. The minimum atomic E-state index is -4.12. The molecule has 0 aliphatic rings. The monoisotopic (exact) mass is 601 g/mol. The summed E-state index contributed by atoms with van der Waals surface area (Å²) < 4.78 is 35.0. The molecule has 0 heterocycles. The van der Waals surface area contributed by atoms with Crippen LogP contribution in [0.1, 0.15) is 25.0 Å². The number of nitrogens with one attached hydrogen (secondary N) is 1. The molecule has 10 heteroatoms. The zero-order valence-electron chi connectivity index (χ0n) is 21.8. The second-order valence-electron chi connectivity index (χ2n) is 8.69. The lowest BCUT2D eigenvalue weighted by atomic mass is 10.1. The van der Waals surface area contributed by atoms with Crippen molar-refractivity contribution in [1.29, 1.82) is 0 Å². The number of rotatable bonds is 11. The summed E-state index contributed by atoms with van der Waals surface area (Å²) in [7, 11) is -2.62. The van der Waals surface area contributed by atoms with Gasteiger partial charge in [0.1, 0.15) is 18.3 Å². The van der Waals surface area contributed by atoms with Crippen molar-refractivity contribution in [2.45, 2.75) is 38.3 Å². The first kappa shape index (κ1) is 29.2. The van der Waals surface area contributed by atoms with Gasteiger partial charge in [-0.25, -0.2) is 8.42 Å². The van der Waals surface area contributed by atoms with Crippen molar-refractivity contribution in [1.82, 2.24) is 10.2 Å². The van der Waals surface area contributed by atoms with Crippen molar-refractivity contribution in [2.24, 2.45) is 0 Å². The van der Waals surface area contributed by atoms with Crippen LogP contribution in [-0.4, -0.2) is 51.4 Å². The molecule has 0 spiro atoms. The van der Waals surface area contributed by atoms with Crippen LogP contribution in [0.5, 0.6) is 5.75 Å². The smallest absolute Gasteiger partial charge is 0.264 e. The fraction of sp³-hybridized carbons (Fsp3) is 0.286. The van der Waals surface area contributed by atoms with Gasteiger partial charge in [0.15, 0.2) is 0 Å². The first-order valence-corrected chi connectivity index (χ1v) is 14.4. The quantitative estimate of drug-likeness (QED) is 0.349. The topological polar surface area (TPSA) is 96.0 Å². The molecule has 3 rings (SSSR count). The Hall–Kier alpha value is -3.37. The average Bonchev–Trinajstić information content (AvgIpc) is 2.90. The van der Waals surface area contributed by atoms with Crippen LogP contribution in [0.15, 0.2) is 82.2 Å². The Bertz CT molecular complexity index is 1360. The van der Waals surface area contributed by atoms with Gasteiger partial charge >= 0.3 is 0 Å². The molecule has 0 aliphatic heterocycles. The third-order valence-corrected chi connectivity index (χ3v) is 8.26. The number of hydrogen-bond donors (Lipinski definition) is 1. The molecule has 2 amide bonds. The molecule has 8 nitrogen and oxygen atoms in total. The maximum atomic E-state index is 13.8. The van der Waals surface area contributed by atoms with Gasteiger partial charge in [-0.2, -0.15) is 0 Å². The number of hydrogen-bond acceptors (Lipinski definition) is 5. The number of benzene rings is 3. The minimum absolute atomic E-state index is 0.0580. The molecule has 3 aromatic rings. The highest BCUT2D eigenvalue weighted by atomic mass is 79.9. The van der Waals surface area contributed by atoms with Gasteiger partial charge in [-0.05, 0) is 74.9 Å². The van der Waals surface area contributed by atoms with E-state index in [-0.39, 0.29) is 17.3 Å². The molecule has 0 bridgehead atoms. The van der Waals surface area contributed by atoms with E-state index in [0.717, 1.165) is 19.9 Å². The van der Waals surface area contributed by atoms with Gasteiger partial charge in [0.25, 0.3) is 10.0 Å². The van der Waals surface area contributed by atoms with Crippen LogP contribution < -0.4 is 14.4 Å². The van der Waals surface area contributed by atoms with Crippen molar-refractivity contribution in [3.63, 3.8) is 0 Å². The van der Waals surface area contributed by atoms with Crippen LogP contribution in [0.2, 0.25) is 0 Å². The van der Waals surface area contributed by atoms with E-state index in [0.29, 0.717) is 18.0 Å². The van der Waals surface area contributed by atoms with Gasteiger partial charge < -0.3 is 15.0 Å². The standard InChI is InChI=1S/C28H32BrN3O5S/c1-5-37-25-13-11-24(12-14-25)32(38(35,36)26-15-9-20(2)10-16-26)19-27(33)31(21(3)28(34)30-4)18-22-7-6-8-23(29)17-22/h6-17,21H,5,18-19H2,1-4H3,(H,30,34). The first-order chi connectivity index (χ1) is 18.1. The lowest BCUT2D eigenvalue weighted by Crippen LogP contribution is -2.50. The van der Waals surface area contributed by atoms with Gasteiger partial charge in [0.05, 0.1) is 17.2 Å². The van der Waals surface area contributed by atoms with Crippen LogP contribution in [0.3, 0.4) is 0 Å². The summed E-state index contributed by atoms with van der Waals surface area (Å²) in [4.78, 5) is 27.8. The van der Waals surface area contributed by atoms with E-state index >= 15 is 0 Å². The highest BCUT2D eigenvalue weighted by molar-refractivity contribution is 9.10. The highest BCUT2D eigenvalue weighted by Crippen LogP contribution is 2.27. The number of carbonyl (C=O) groups is 2. The third-order valence-electron chi connectivity index (χ3n) is 5.98. The Morgan fingerprint density at radius 1 is 1.03 bits per heavy atom. The largest absolute Gasteiger partial charge is 0.494 e. The molecular weight excluding hydrogens is 570 g/mol. The molecule has 0 radical (unpaired) electrons. The number of sulfonamides is 1. The summed E-state index contributed by atoms with van der Waals surface area (Å²) in [6.07, 6.45) is 0. The zero-order valence-corrected chi connectivity index (χ0v) is 24.3. The Morgan fingerprint density at radius 2 is 1.68 bits per heavy atom. The highest BCUT2D eigenvalue weighted by Gasteiger charge is 2.32. The van der Waals surface area contributed by atoms with Gasteiger partial charge in [0, 0.05) is 18.1 Å². The number of aryl methyl sites for hydroxylation is 1. The molecule has 1 atom stereocenters. The summed E-state index contributed by atoms with van der Waals surface area (Å²) in [6.45, 7) is 5.42. The summed E-state index contributed by atoms with van der Waals surface area (Å²) in [5.74, 6) is -0.298. The number of amides is 2. The predicted molar refractivity (Wildman–Crippen MR) is 152 cm³/mol. The summed E-state index contributed by atoms with van der Waals surface area (Å²) in [5, 5.41) is 2.57. The maximum Gasteiger partial charge on any atom is 0.264 e. The Kier molecular flexibility index (Phi) is 9.93. The predicted octanol–water partition coefficient (Wildman–Crippen LogP) is 4.51. The van der Waals surface area contributed by atoms with E-state index < -0.39 is 28.5 Å². The van der Waals surface area contributed by atoms with Crippen molar-refractivity contribution in [3.05, 3.63) is 88.4 Å². The SMILES string of the molecule is CCOc1ccc(N(CC(=O)N(Cc2cccc(Br)c2)C(C)C(=O)NC)S(=O)(=O)c2ccc(C)cc2)cc1. The van der Waals surface area contributed by atoms with Crippen molar-refractivity contribution >= 4 is 43.5 Å². The van der Waals surface area contributed by atoms with Crippen LogP contribution in [0.4, 0.5) is 5.69 Å². The number of ether oxygens (including phenoxy) is 1. The van der Waals surface area contributed by atoms with E-state index in [1.165, 1.54) is 24.1 Å². The second-order valence-corrected chi connectivity index (χ2v) is 11.5. The van der Waals surface area contributed by atoms with Crippen molar-refractivity contribution in [2.75, 3.05) is 24.5 Å². The molecular formula is C28H32BrN3O5S. The van der Waals surface area contributed by atoms with E-state index in [2.05, 4.69) is 21.2 Å². The molecule has 202 valence electrons. The molecule has 1 N–H and O–H groups in total. The van der Waals surface area contributed by atoms with E-state index in [4.69, 9.17) is 4.74 Å². The Morgan fingerprint density at radius 3 is 2.26 bits per heavy atom. The average molecular weight is 603 g/mol. The first-order valence-electron chi connectivity index (χ1n) is 12.1. The molecule has 3 aromatic carbocycles. The Labute approximate surface area is 232 Å². The maximum absolute atomic E-state index is 13.8. The van der Waals surface area contributed by atoms with Crippen LogP contribution >= 0.6 is 15.9 Å². The molecule has 0 aromatic heterocycles. The van der Waals surface area contributed by atoms with Crippen molar-refractivity contribution < 1.29 is 22.7 Å². The van der Waals surface area contributed by atoms with Crippen LogP contribution in [0.25, 0.3) is 0 Å². The van der Waals surface area contributed by atoms with E-state index in [1.807, 2.05) is 38.1 Å². The molecule has 0 aliphatic carbocycles. The number of carbonyl (C=O) groups excluding carboxylic acids is 2. The lowest BCUT2D eigenvalue weighted by molar-refractivity contribution is -0.139. The third kappa shape index (κ3) is 7.14. The normalized spacial score (nSPS) is 11.9. The number of halogens is 1. The van der Waals surface area contributed by atoms with Gasteiger partial charge in [0.2, 0.25) is 11.8 Å². The fourth-order valence-corrected chi connectivity index (χ4v) is 5.73. The summed E-state index contributed by atoms with van der Waals surface area (Å²) in [6, 6.07) is 19.5. The van der Waals surface area contributed by atoms with Crippen molar-refractivity contribution in [3.8, 4) is 5.75 Å². The number of likely N-dealkylation sites (N-methyl/N-ethyl adjacent to an activating group) is 1. The molecule has 38 heavy (non-hydrogen) atoms. The number of anilines is 1.